The summed E-state index contributed by atoms with van der Waals surface area (Å²) in [6.45, 7) is 3.52. The first-order valence-electron chi connectivity index (χ1n) is 16.0. The Labute approximate surface area is 319 Å². The zero-order chi connectivity index (χ0) is 37.5. The molecule has 0 aromatic heterocycles. The zero-order valence-corrected chi connectivity index (χ0v) is 33.2. The van der Waals surface area contributed by atoms with E-state index in [9.17, 15) is 34.4 Å². The van der Waals surface area contributed by atoms with Crippen LogP contribution in [0.4, 0.5) is 17.6 Å². The van der Waals surface area contributed by atoms with Gasteiger partial charge in [0, 0.05) is 29.8 Å². The molecule has 6 nitrogen and oxygen atoms in total. The van der Waals surface area contributed by atoms with Crippen molar-refractivity contribution in [2.45, 2.75) is 74.5 Å². The summed E-state index contributed by atoms with van der Waals surface area (Å²) in [7, 11) is -6.85. The van der Waals surface area contributed by atoms with Gasteiger partial charge in [-0.25, -0.2) is 39.1 Å². The summed E-state index contributed by atoms with van der Waals surface area (Å²) in [6, 6.07) is 22.4. The predicted molar refractivity (Wildman–Crippen MR) is 200 cm³/mol. The molecule has 0 spiro atoms. The van der Waals surface area contributed by atoms with Gasteiger partial charge in [-0.1, -0.05) is 60.7 Å². The summed E-state index contributed by atoms with van der Waals surface area (Å²) >= 11 is 11.1. The number of hydrogen-bond acceptors (Lipinski definition) is 4. The van der Waals surface area contributed by atoms with Crippen LogP contribution in [0, 0.1) is 23.3 Å². The van der Waals surface area contributed by atoms with Crippen molar-refractivity contribution in [2.75, 3.05) is 0 Å². The lowest BCUT2D eigenvalue weighted by atomic mass is 10.0. The lowest BCUT2D eigenvalue weighted by Gasteiger charge is -2.37. The Morgan fingerprint density at radius 2 is 1.16 bits per heavy atom. The Hall–Kier alpha value is -2.33. The second kappa shape index (κ2) is 18.1. The molecule has 1 N–H and O–H groups in total. The van der Waals surface area contributed by atoms with Crippen LogP contribution in [0.15, 0.2) is 93.9 Å². The molecule has 6 rings (SSSR count). The summed E-state index contributed by atoms with van der Waals surface area (Å²) in [4.78, 5) is 0. The quantitative estimate of drug-likeness (QED) is 0.123. The second-order valence-electron chi connectivity index (χ2n) is 12.3. The Kier molecular flexibility index (Phi) is 14.7. The standard InChI is InChI=1S/C18H18BrF2NO2S.C11H15NO2S.C7H4BrClF2/c1-12-7-8-18(13-5-3-2-4-6-13)25(23,24)22(12)11-14-9-17(21)15(19)10-16(14)20;1-9-7-8-11(15(13,14)12-9)10-5-3-2-4-6-10;8-5-2-6(10)4(3-9)1-7(5)11/h2-6,9-10,12,18H,7-8,11H2,1H3;2-6,9,11-12H,7-8H2,1H3;1-2H,3H2/t12-,18+;9-,11+;/m00./s1. The highest BCUT2D eigenvalue weighted by atomic mass is 79.9. The molecule has 0 aliphatic carbocycles. The Bertz CT molecular complexity index is 2010. The number of benzene rings is 4. The van der Waals surface area contributed by atoms with E-state index in [-0.39, 0.29) is 49.8 Å². The van der Waals surface area contributed by atoms with Crippen molar-refractivity contribution in [3.05, 3.63) is 139 Å². The van der Waals surface area contributed by atoms with E-state index >= 15 is 0 Å². The number of hydrogen-bond donors (Lipinski definition) is 1. The summed E-state index contributed by atoms with van der Waals surface area (Å²) in [5.74, 6) is -2.25. The third-order valence-corrected chi connectivity index (χ3v) is 14.5. The molecular weight excluding hydrogens is 860 g/mol. The van der Waals surface area contributed by atoms with Crippen LogP contribution < -0.4 is 4.72 Å². The lowest BCUT2D eigenvalue weighted by Crippen LogP contribution is -2.44. The molecule has 0 bridgehead atoms. The first-order valence-corrected chi connectivity index (χ1v) is 21.2. The molecule has 4 aromatic rings. The number of alkyl halides is 1. The molecule has 15 heteroatoms. The highest BCUT2D eigenvalue weighted by Gasteiger charge is 2.40. The molecular formula is C36H37Br2ClF4N2O4S2. The van der Waals surface area contributed by atoms with E-state index in [0.29, 0.717) is 19.3 Å². The molecule has 276 valence electrons. The van der Waals surface area contributed by atoms with Crippen LogP contribution >= 0.6 is 43.5 Å². The normalized spacial score (nSPS) is 22.5. The zero-order valence-electron chi connectivity index (χ0n) is 27.7. The highest BCUT2D eigenvalue weighted by Crippen LogP contribution is 2.38. The summed E-state index contributed by atoms with van der Waals surface area (Å²) in [6.07, 6.45) is 2.79. The Morgan fingerprint density at radius 3 is 1.67 bits per heavy atom. The number of sulfonamides is 2. The minimum atomic E-state index is -3.67. The van der Waals surface area contributed by atoms with Gasteiger partial charge in [0.1, 0.15) is 33.8 Å². The van der Waals surface area contributed by atoms with Gasteiger partial charge in [0.25, 0.3) is 0 Å². The van der Waals surface area contributed by atoms with Gasteiger partial charge in [-0.2, -0.15) is 4.31 Å². The SMILES string of the molecule is C[C@H]1CC[C@H](c2ccccc2)S(=O)(=O)N1.C[C@H]1CC[C@H](c2ccccc2)S(=O)(=O)N1Cc1cc(F)c(Br)cc1F.Fc1cc(CCl)c(F)cc1Br. The molecule has 2 aliphatic heterocycles. The van der Waals surface area contributed by atoms with E-state index < -0.39 is 48.6 Å². The molecule has 0 amide bonds. The molecule has 0 radical (unpaired) electrons. The fraction of sp³-hybridized carbons (Fsp3) is 0.333. The summed E-state index contributed by atoms with van der Waals surface area (Å²) in [5, 5.41) is -1.04. The monoisotopic (exact) mass is 894 g/mol. The van der Waals surface area contributed by atoms with Gasteiger partial charge in [0.2, 0.25) is 20.0 Å². The van der Waals surface area contributed by atoms with E-state index in [2.05, 4.69) is 36.6 Å². The smallest absolute Gasteiger partial charge is 0.212 e. The summed E-state index contributed by atoms with van der Waals surface area (Å²) in [5.41, 5.74) is 1.82. The van der Waals surface area contributed by atoms with Crippen LogP contribution in [0.3, 0.4) is 0 Å². The lowest BCUT2D eigenvalue weighted by molar-refractivity contribution is 0.278. The van der Waals surface area contributed by atoms with E-state index in [4.69, 9.17) is 11.6 Å². The van der Waals surface area contributed by atoms with E-state index in [1.54, 1.807) is 31.2 Å². The van der Waals surface area contributed by atoms with Gasteiger partial charge in [-0.15, -0.1) is 11.6 Å². The minimum Gasteiger partial charge on any atom is -0.212 e. The Balaban J connectivity index is 0.000000190. The van der Waals surface area contributed by atoms with Crippen molar-refractivity contribution in [1.82, 2.24) is 9.03 Å². The maximum atomic E-state index is 14.2. The van der Waals surface area contributed by atoms with E-state index in [1.807, 2.05) is 43.3 Å². The second-order valence-corrected chi connectivity index (χ2v) is 18.2. The predicted octanol–water partition coefficient (Wildman–Crippen LogP) is 10.1. The first kappa shape index (κ1) is 41.4. The number of halogens is 7. The van der Waals surface area contributed by atoms with Gasteiger partial charge in [-0.3, -0.25) is 0 Å². The average Bonchev–Trinajstić information content (AvgIpc) is 3.08. The largest absolute Gasteiger partial charge is 0.221 e. The minimum absolute atomic E-state index is 0.0178. The van der Waals surface area contributed by atoms with Gasteiger partial charge in [0.15, 0.2) is 0 Å². The summed E-state index contributed by atoms with van der Waals surface area (Å²) < 4.78 is 107. The third kappa shape index (κ3) is 10.6. The molecule has 2 fully saturated rings. The topological polar surface area (TPSA) is 83.5 Å². The van der Waals surface area contributed by atoms with Crippen molar-refractivity contribution in [2.24, 2.45) is 0 Å². The number of nitrogens with zero attached hydrogens (tertiary/aromatic N) is 1. The number of rotatable bonds is 5. The third-order valence-electron chi connectivity index (χ3n) is 8.62. The van der Waals surface area contributed by atoms with Crippen LogP contribution in [-0.2, 0) is 32.5 Å². The number of nitrogens with one attached hydrogen (secondary N) is 1. The van der Waals surface area contributed by atoms with Gasteiger partial charge in [-0.05, 0) is 107 Å². The molecule has 2 heterocycles. The first-order chi connectivity index (χ1) is 24.0. The van der Waals surface area contributed by atoms with Crippen molar-refractivity contribution in [3.63, 3.8) is 0 Å². The van der Waals surface area contributed by atoms with Crippen LogP contribution in [0.1, 0.15) is 72.3 Å². The molecule has 4 atom stereocenters. The molecule has 2 aliphatic rings. The van der Waals surface area contributed by atoms with Crippen LogP contribution in [0.2, 0.25) is 0 Å². The Morgan fingerprint density at radius 1 is 0.686 bits per heavy atom. The van der Waals surface area contributed by atoms with E-state index in [1.165, 1.54) is 4.31 Å². The van der Waals surface area contributed by atoms with Gasteiger partial charge in [0.05, 0.1) is 14.8 Å². The molecule has 2 saturated heterocycles. The molecule has 4 aromatic carbocycles. The van der Waals surface area contributed by atoms with Gasteiger partial charge >= 0.3 is 0 Å². The van der Waals surface area contributed by atoms with Crippen molar-refractivity contribution >= 4 is 63.5 Å². The van der Waals surface area contributed by atoms with Crippen molar-refractivity contribution in [3.8, 4) is 0 Å². The molecule has 51 heavy (non-hydrogen) atoms. The fourth-order valence-corrected chi connectivity index (χ4v) is 10.7. The highest BCUT2D eigenvalue weighted by molar-refractivity contribution is 9.10. The van der Waals surface area contributed by atoms with Crippen molar-refractivity contribution < 1.29 is 34.4 Å². The van der Waals surface area contributed by atoms with Crippen molar-refractivity contribution in [1.29, 1.82) is 0 Å². The maximum absolute atomic E-state index is 14.2. The van der Waals surface area contributed by atoms with E-state index in [0.717, 1.165) is 41.8 Å². The van der Waals surface area contributed by atoms with Crippen LogP contribution in [-0.4, -0.2) is 33.2 Å². The van der Waals surface area contributed by atoms with Gasteiger partial charge < -0.3 is 0 Å². The molecule has 0 saturated carbocycles. The maximum Gasteiger partial charge on any atom is 0.221 e. The van der Waals surface area contributed by atoms with Crippen LogP contribution in [0.5, 0.6) is 0 Å². The average molecular weight is 897 g/mol. The fourth-order valence-electron chi connectivity index (χ4n) is 5.86. The molecule has 0 unspecified atom stereocenters. The van der Waals surface area contributed by atoms with Crippen LogP contribution in [0.25, 0.3) is 0 Å².